The summed E-state index contributed by atoms with van der Waals surface area (Å²) in [5, 5.41) is 0.715. The molecule has 0 amide bonds. The zero-order valence-corrected chi connectivity index (χ0v) is 10.8. The van der Waals surface area contributed by atoms with E-state index in [1.165, 1.54) is 0 Å². The highest BCUT2D eigenvalue weighted by atomic mass is 35.5. The van der Waals surface area contributed by atoms with Crippen LogP contribution in [0.2, 0.25) is 5.02 Å². The van der Waals surface area contributed by atoms with Crippen molar-refractivity contribution < 1.29 is 9.53 Å². The summed E-state index contributed by atoms with van der Waals surface area (Å²) in [6.45, 7) is 3.50. The van der Waals surface area contributed by atoms with Gasteiger partial charge in [-0.3, -0.25) is 4.79 Å². The molecule has 0 atom stereocenters. The highest BCUT2D eigenvalue weighted by Crippen LogP contribution is 2.22. The van der Waals surface area contributed by atoms with Gasteiger partial charge in [-0.2, -0.15) is 0 Å². The molecule has 0 bridgehead atoms. The number of halogens is 1. The Labute approximate surface area is 107 Å². The zero-order valence-electron chi connectivity index (χ0n) is 10.0. The lowest BCUT2D eigenvalue weighted by atomic mass is 9.91. The monoisotopic (exact) mass is 252 g/mol. The lowest BCUT2D eigenvalue weighted by Gasteiger charge is -2.21. The average molecular weight is 253 g/mol. The van der Waals surface area contributed by atoms with E-state index in [-0.39, 0.29) is 5.78 Å². The summed E-state index contributed by atoms with van der Waals surface area (Å²) < 4.78 is 5.29. The second-order valence-electron chi connectivity index (χ2n) is 4.65. The second kappa shape index (κ2) is 5.65. The molecule has 17 heavy (non-hydrogen) atoms. The van der Waals surface area contributed by atoms with Crippen LogP contribution in [0.25, 0.3) is 0 Å². The Morgan fingerprint density at radius 1 is 1.41 bits per heavy atom. The van der Waals surface area contributed by atoms with Crippen molar-refractivity contribution in [3.05, 3.63) is 34.3 Å². The van der Waals surface area contributed by atoms with Crippen molar-refractivity contribution in [1.29, 1.82) is 0 Å². The molecule has 92 valence electrons. The number of ketones is 1. The van der Waals surface area contributed by atoms with Crippen molar-refractivity contribution >= 4 is 17.4 Å². The molecule has 1 saturated heterocycles. The molecule has 1 heterocycles. The Morgan fingerprint density at radius 3 is 2.76 bits per heavy atom. The Morgan fingerprint density at radius 2 is 2.12 bits per heavy atom. The van der Waals surface area contributed by atoms with Gasteiger partial charge in [0.05, 0.1) is 0 Å². The summed E-state index contributed by atoms with van der Waals surface area (Å²) in [5.41, 5.74) is 1.74. The minimum Gasteiger partial charge on any atom is -0.381 e. The molecule has 0 radical (unpaired) electrons. The standard InChI is InChI=1S/C14H17ClO2/c1-10-8-12(2-3-13(10)15)14(16)9-11-4-6-17-7-5-11/h2-3,8,11H,4-7,9H2,1H3. The molecule has 1 fully saturated rings. The van der Waals surface area contributed by atoms with Gasteiger partial charge >= 0.3 is 0 Å². The largest absolute Gasteiger partial charge is 0.381 e. The van der Waals surface area contributed by atoms with Gasteiger partial charge < -0.3 is 4.74 Å². The highest BCUT2D eigenvalue weighted by Gasteiger charge is 2.18. The molecule has 0 aromatic heterocycles. The normalized spacial score (nSPS) is 17.1. The molecule has 0 saturated carbocycles. The minimum absolute atomic E-state index is 0.219. The summed E-state index contributed by atoms with van der Waals surface area (Å²) in [7, 11) is 0. The fraction of sp³-hybridized carbons (Fsp3) is 0.500. The number of Topliss-reactive ketones (excluding diaryl/α,β-unsaturated/α-hetero) is 1. The highest BCUT2D eigenvalue weighted by molar-refractivity contribution is 6.31. The van der Waals surface area contributed by atoms with Gasteiger partial charge in [0.1, 0.15) is 0 Å². The zero-order chi connectivity index (χ0) is 12.3. The van der Waals surface area contributed by atoms with Crippen LogP contribution in [-0.4, -0.2) is 19.0 Å². The molecule has 2 nitrogen and oxygen atoms in total. The lowest BCUT2D eigenvalue weighted by molar-refractivity contribution is 0.0601. The van der Waals surface area contributed by atoms with Crippen molar-refractivity contribution in [1.82, 2.24) is 0 Å². The molecular formula is C14H17ClO2. The summed E-state index contributed by atoms with van der Waals surface area (Å²) in [6.07, 6.45) is 2.63. The first kappa shape index (κ1) is 12.6. The third-order valence-corrected chi connectivity index (χ3v) is 3.72. The summed E-state index contributed by atoms with van der Waals surface area (Å²) in [5.74, 6) is 0.698. The van der Waals surface area contributed by atoms with Crippen molar-refractivity contribution in [3.8, 4) is 0 Å². The first-order valence-electron chi connectivity index (χ1n) is 6.04. The molecule has 3 heteroatoms. The van der Waals surface area contributed by atoms with Gasteiger partial charge in [0.15, 0.2) is 5.78 Å². The quantitative estimate of drug-likeness (QED) is 0.768. The molecule has 2 rings (SSSR count). The third-order valence-electron chi connectivity index (χ3n) is 3.29. The number of benzene rings is 1. The smallest absolute Gasteiger partial charge is 0.163 e. The summed E-state index contributed by atoms with van der Waals surface area (Å²) in [6, 6.07) is 5.50. The molecule has 0 aliphatic carbocycles. The van der Waals surface area contributed by atoms with Crippen LogP contribution in [0.5, 0.6) is 0 Å². The Balaban J connectivity index is 2.01. The van der Waals surface area contributed by atoms with Gasteiger partial charge in [0.25, 0.3) is 0 Å². The van der Waals surface area contributed by atoms with Gasteiger partial charge in [-0.25, -0.2) is 0 Å². The van der Waals surface area contributed by atoms with E-state index in [0.29, 0.717) is 17.4 Å². The molecule has 1 aromatic rings. The maximum absolute atomic E-state index is 12.1. The number of hydrogen-bond donors (Lipinski definition) is 0. The number of ether oxygens (including phenoxy) is 1. The van der Waals surface area contributed by atoms with Crippen molar-refractivity contribution in [2.45, 2.75) is 26.2 Å². The van der Waals surface area contributed by atoms with Crippen LogP contribution in [0, 0.1) is 12.8 Å². The third kappa shape index (κ3) is 3.30. The van der Waals surface area contributed by atoms with Crippen molar-refractivity contribution in [2.75, 3.05) is 13.2 Å². The van der Waals surface area contributed by atoms with Crippen LogP contribution in [0.1, 0.15) is 35.2 Å². The summed E-state index contributed by atoms with van der Waals surface area (Å²) in [4.78, 5) is 12.1. The fourth-order valence-electron chi connectivity index (χ4n) is 2.15. The molecule has 1 aromatic carbocycles. The van der Waals surface area contributed by atoms with Crippen LogP contribution in [0.4, 0.5) is 0 Å². The molecule has 0 N–H and O–H groups in total. The first-order chi connectivity index (χ1) is 8.16. The van der Waals surface area contributed by atoms with Crippen LogP contribution in [0.3, 0.4) is 0 Å². The molecule has 1 aliphatic rings. The number of aryl methyl sites for hydroxylation is 1. The van der Waals surface area contributed by atoms with E-state index < -0.39 is 0 Å². The van der Waals surface area contributed by atoms with Gasteiger partial charge in [-0.05, 0) is 49.4 Å². The topological polar surface area (TPSA) is 26.3 Å². The Hall–Kier alpha value is -0.860. The molecule has 0 spiro atoms. The van der Waals surface area contributed by atoms with Gasteiger partial charge in [-0.15, -0.1) is 0 Å². The van der Waals surface area contributed by atoms with Crippen LogP contribution >= 0.6 is 11.6 Å². The lowest BCUT2D eigenvalue weighted by Crippen LogP contribution is -2.18. The maximum Gasteiger partial charge on any atom is 0.163 e. The molecule has 1 aliphatic heterocycles. The van der Waals surface area contributed by atoms with Gasteiger partial charge in [-0.1, -0.05) is 11.6 Å². The average Bonchev–Trinajstić information content (AvgIpc) is 2.34. The number of hydrogen-bond acceptors (Lipinski definition) is 2. The SMILES string of the molecule is Cc1cc(C(=O)CC2CCOCC2)ccc1Cl. The van der Waals surface area contributed by atoms with E-state index in [4.69, 9.17) is 16.3 Å². The maximum atomic E-state index is 12.1. The number of carbonyl (C=O) groups is 1. The van der Waals surface area contributed by atoms with E-state index in [1.54, 1.807) is 6.07 Å². The van der Waals surface area contributed by atoms with Crippen LogP contribution in [0.15, 0.2) is 18.2 Å². The summed E-state index contributed by atoms with van der Waals surface area (Å²) >= 11 is 5.95. The number of carbonyl (C=O) groups excluding carboxylic acids is 1. The molecule has 0 unspecified atom stereocenters. The van der Waals surface area contributed by atoms with E-state index >= 15 is 0 Å². The van der Waals surface area contributed by atoms with E-state index in [1.807, 2.05) is 19.1 Å². The first-order valence-corrected chi connectivity index (χ1v) is 6.41. The van der Waals surface area contributed by atoms with Gasteiger partial charge in [0, 0.05) is 30.2 Å². The van der Waals surface area contributed by atoms with Crippen molar-refractivity contribution in [2.24, 2.45) is 5.92 Å². The van der Waals surface area contributed by atoms with Crippen LogP contribution in [-0.2, 0) is 4.74 Å². The van der Waals surface area contributed by atoms with Gasteiger partial charge in [0.2, 0.25) is 0 Å². The Bertz CT molecular complexity index is 409. The number of rotatable bonds is 3. The van der Waals surface area contributed by atoms with E-state index in [2.05, 4.69) is 0 Å². The van der Waals surface area contributed by atoms with Crippen LogP contribution < -0.4 is 0 Å². The second-order valence-corrected chi connectivity index (χ2v) is 5.05. The van der Waals surface area contributed by atoms with E-state index in [0.717, 1.165) is 37.2 Å². The minimum atomic E-state index is 0.219. The predicted octanol–water partition coefficient (Wildman–Crippen LogP) is 3.65. The van der Waals surface area contributed by atoms with Crippen molar-refractivity contribution in [3.63, 3.8) is 0 Å². The fourth-order valence-corrected chi connectivity index (χ4v) is 2.27. The predicted molar refractivity (Wildman–Crippen MR) is 68.7 cm³/mol. The Kier molecular flexibility index (Phi) is 4.19. The van der Waals surface area contributed by atoms with E-state index in [9.17, 15) is 4.79 Å². The molecular weight excluding hydrogens is 236 g/mol.